The van der Waals surface area contributed by atoms with Crippen molar-refractivity contribution < 1.29 is 0 Å². The molecule has 0 saturated carbocycles. The normalized spacial score (nSPS) is 11.3. The van der Waals surface area contributed by atoms with Crippen molar-refractivity contribution in [2.75, 3.05) is 0 Å². The van der Waals surface area contributed by atoms with Gasteiger partial charge in [-0.2, -0.15) is 0 Å². The van der Waals surface area contributed by atoms with E-state index in [9.17, 15) is 0 Å². The fourth-order valence-electron chi connectivity index (χ4n) is 5.98. The van der Waals surface area contributed by atoms with Gasteiger partial charge in [0, 0.05) is 27.5 Å². The molecule has 3 nitrogen and oxygen atoms in total. The second kappa shape index (κ2) is 10.6. The molecule has 0 spiro atoms. The molecule has 0 amide bonds. The molecular formula is C40H27N3. The van der Waals surface area contributed by atoms with Crippen LogP contribution in [0.1, 0.15) is 0 Å². The van der Waals surface area contributed by atoms with Gasteiger partial charge in [-0.25, -0.2) is 9.97 Å². The van der Waals surface area contributed by atoms with Gasteiger partial charge in [-0.1, -0.05) is 152 Å². The average molecular weight is 550 g/mol. The first-order valence-corrected chi connectivity index (χ1v) is 14.5. The Morgan fingerprint density at radius 1 is 0.372 bits per heavy atom. The van der Waals surface area contributed by atoms with E-state index >= 15 is 0 Å². The van der Waals surface area contributed by atoms with E-state index in [0.29, 0.717) is 5.95 Å². The lowest BCUT2D eigenvalue weighted by Gasteiger charge is -2.14. The molecule has 3 heteroatoms. The number of nitrogens with zero attached hydrogens (tertiary/aromatic N) is 3. The molecule has 0 atom stereocenters. The second-order valence-corrected chi connectivity index (χ2v) is 10.7. The van der Waals surface area contributed by atoms with Gasteiger partial charge in [-0.3, -0.25) is 4.57 Å². The molecule has 0 aliphatic heterocycles. The Kier molecular flexibility index (Phi) is 6.12. The van der Waals surface area contributed by atoms with Gasteiger partial charge in [0.15, 0.2) is 0 Å². The van der Waals surface area contributed by atoms with Crippen molar-refractivity contribution >= 4 is 21.8 Å². The summed E-state index contributed by atoms with van der Waals surface area (Å²) in [5, 5.41) is 2.35. The molecule has 2 heterocycles. The Balaban J connectivity index is 1.40. The maximum absolute atomic E-state index is 5.21. The highest BCUT2D eigenvalue weighted by molar-refractivity contribution is 6.13. The van der Waals surface area contributed by atoms with E-state index in [4.69, 9.17) is 9.97 Å². The Labute approximate surface area is 250 Å². The van der Waals surface area contributed by atoms with Gasteiger partial charge < -0.3 is 0 Å². The molecule has 6 aromatic carbocycles. The van der Waals surface area contributed by atoms with E-state index in [1.54, 1.807) is 0 Å². The van der Waals surface area contributed by atoms with Crippen molar-refractivity contribution in [1.29, 1.82) is 0 Å². The van der Waals surface area contributed by atoms with Crippen molar-refractivity contribution in [3.8, 4) is 50.7 Å². The van der Waals surface area contributed by atoms with Gasteiger partial charge in [0.25, 0.3) is 0 Å². The lowest BCUT2D eigenvalue weighted by atomic mass is 9.98. The highest BCUT2D eigenvalue weighted by Crippen LogP contribution is 2.38. The third kappa shape index (κ3) is 4.48. The maximum atomic E-state index is 5.21. The third-order valence-electron chi connectivity index (χ3n) is 8.05. The SMILES string of the molecule is c1ccc(-c2ccc(-c3cccc4c5ccccc5n(-c5nc(-c6ccccc6)cc(-c6ccccc6)n5)c34)cc2)cc1. The van der Waals surface area contributed by atoms with E-state index in [1.165, 1.54) is 21.9 Å². The van der Waals surface area contributed by atoms with Crippen LogP contribution < -0.4 is 0 Å². The van der Waals surface area contributed by atoms with Crippen LogP contribution >= 0.6 is 0 Å². The summed E-state index contributed by atoms with van der Waals surface area (Å²) in [6.07, 6.45) is 0. The van der Waals surface area contributed by atoms with Gasteiger partial charge >= 0.3 is 0 Å². The lowest BCUT2D eigenvalue weighted by molar-refractivity contribution is 0.996. The van der Waals surface area contributed by atoms with Crippen LogP contribution in [0.5, 0.6) is 0 Å². The average Bonchev–Trinajstić information content (AvgIpc) is 3.44. The van der Waals surface area contributed by atoms with E-state index in [-0.39, 0.29) is 0 Å². The first-order chi connectivity index (χ1) is 21.3. The molecule has 0 saturated heterocycles. The lowest BCUT2D eigenvalue weighted by Crippen LogP contribution is -2.04. The Hall–Kier alpha value is -5.80. The number of para-hydroxylation sites is 2. The first kappa shape index (κ1) is 25.0. The van der Waals surface area contributed by atoms with Crippen molar-refractivity contribution in [1.82, 2.24) is 14.5 Å². The highest BCUT2D eigenvalue weighted by Gasteiger charge is 2.19. The van der Waals surface area contributed by atoms with Crippen LogP contribution in [-0.2, 0) is 0 Å². The highest BCUT2D eigenvalue weighted by atomic mass is 15.2. The zero-order valence-corrected chi connectivity index (χ0v) is 23.4. The molecule has 43 heavy (non-hydrogen) atoms. The number of fused-ring (bicyclic) bond motifs is 3. The Morgan fingerprint density at radius 3 is 1.49 bits per heavy atom. The van der Waals surface area contributed by atoms with Gasteiger partial charge in [0.05, 0.1) is 22.4 Å². The molecule has 8 aromatic rings. The maximum Gasteiger partial charge on any atom is 0.235 e. The molecule has 0 radical (unpaired) electrons. The van der Waals surface area contributed by atoms with Crippen molar-refractivity contribution in [3.05, 3.63) is 164 Å². The second-order valence-electron chi connectivity index (χ2n) is 10.7. The molecule has 0 aliphatic rings. The van der Waals surface area contributed by atoms with E-state index in [2.05, 4.69) is 156 Å². The third-order valence-corrected chi connectivity index (χ3v) is 8.05. The summed E-state index contributed by atoms with van der Waals surface area (Å²) in [5.41, 5.74) is 10.8. The van der Waals surface area contributed by atoms with Crippen LogP contribution in [0.3, 0.4) is 0 Å². The van der Waals surface area contributed by atoms with E-state index in [1.807, 2.05) is 12.1 Å². The van der Waals surface area contributed by atoms with Gasteiger partial charge in [-0.05, 0) is 28.8 Å². The molecule has 0 bridgehead atoms. The summed E-state index contributed by atoms with van der Waals surface area (Å²) in [6.45, 7) is 0. The quantitative estimate of drug-likeness (QED) is 0.214. The summed E-state index contributed by atoms with van der Waals surface area (Å²) < 4.78 is 2.24. The summed E-state index contributed by atoms with van der Waals surface area (Å²) in [7, 11) is 0. The summed E-state index contributed by atoms with van der Waals surface area (Å²) >= 11 is 0. The molecule has 0 unspecified atom stereocenters. The van der Waals surface area contributed by atoms with Crippen LogP contribution in [0, 0.1) is 0 Å². The smallest absolute Gasteiger partial charge is 0.235 e. The minimum atomic E-state index is 0.653. The summed E-state index contributed by atoms with van der Waals surface area (Å²) in [6, 6.07) is 57.2. The molecule has 0 N–H and O–H groups in total. The van der Waals surface area contributed by atoms with Gasteiger partial charge in [0.2, 0.25) is 5.95 Å². The minimum Gasteiger partial charge on any atom is -0.277 e. The predicted molar refractivity (Wildman–Crippen MR) is 178 cm³/mol. The number of hydrogen-bond donors (Lipinski definition) is 0. The van der Waals surface area contributed by atoms with Crippen LogP contribution in [0.25, 0.3) is 72.5 Å². The predicted octanol–water partition coefficient (Wildman–Crippen LogP) is 10.2. The Bertz CT molecular complexity index is 2140. The number of hydrogen-bond acceptors (Lipinski definition) is 2. The van der Waals surface area contributed by atoms with Crippen molar-refractivity contribution in [3.63, 3.8) is 0 Å². The van der Waals surface area contributed by atoms with Crippen LogP contribution in [0.15, 0.2) is 164 Å². The zero-order chi connectivity index (χ0) is 28.6. The summed E-state index contributed by atoms with van der Waals surface area (Å²) in [5.74, 6) is 0.653. The van der Waals surface area contributed by atoms with E-state index < -0.39 is 0 Å². The zero-order valence-electron chi connectivity index (χ0n) is 23.4. The minimum absolute atomic E-state index is 0.653. The Morgan fingerprint density at radius 2 is 0.860 bits per heavy atom. The van der Waals surface area contributed by atoms with E-state index in [0.717, 1.165) is 44.7 Å². The van der Waals surface area contributed by atoms with Crippen molar-refractivity contribution in [2.45, 2.75) is 0 Å². The molecule has 0 fully saturated rings. The molecule has 0 aliphatic carbocycles. The molecule has 8 rings (SSSR count). The number of benzene rings is 6. The first-order valence-electron chi connectivity index (χ1n) is 14.5. The molecule has 2 aromatic heterocycles. The topological polar surface area (TPSA) is 30.7 Å². The molecular weight excluding hydrogens is 522 g/mol. The van der Waals surface area contributed by atoms with Crippen LogP contribution in [0.4, 0.5) is 0 Å². The van der Waals surface area contributed by atoms with Crippen molar-refractivity contribution in [2.24, 2.45) is 0 Å². The van der Waals surface area contributed by atoms with Gasteiger partial charge in [-0.15, -0.1) is 0 Å². The molecule has 202 valence electrons. The largest absolute Gasteiger partial charge is 0.277 e. The number of rotatable bonds is 5. The fourth-order valence-corrected chi connectivity index (χ4v) is 5.98. The van der Waals surface area contributed by atoms with Gasteiger partial charge in [0.1, 0.15) is 0 Å². The van der Waals surface area contributed by atoms with Crippen LogP contribution in [-0.4, -0.2) is 14.5 Å². The number of aromatic nitrogens is 3. The fraction of sp³-hybridized carbons (Fsp3) is 0. The summed E-state index contributed by atoms with van der Waals surface area (Å²) in [4.78, 5) is 10.4. The standard InChI is InChI=1S/C40H27N3/c1-4-13-28(14-5-1)29-23-25-30(26-24-29)33-20-12-21-35-34-19-10-11-22-38(34)43(39(33)35)40-41-36(31-15-6-2-7-16-31)27-37(42-40)32-17-8-3-9-18-32/h1-27H. The monoisotopic (exact) mass is 549 g/mol. The van der Waals surface area contributed by atoms with Crippen LogP contribution in [0.2, 0.25) is 0 Å².